The van der Waals surface area contributed by atoms with E-state index in [1.54, 1.807) is 11.0 Å². The van der Waals surface area contributed by atoms with E-state index in [0.29, 0.717) is 39.2 Å². The summed E-state index contributed by atoms with van der Waals surface area (Å²) in [5, 5.41) is 10.9. The zero-order valence-corrected chi connectivity index (χ0v) is 10.9. The average Bonchev–Trinajstić information content (AvgIpc) is 2.92. The molecule has 1 saturated heterocycles. The summed E-state index contributed by atoms with van der Waals surface area (Å²) in [6, 6.07) is 0. The van der Waals surface area contributed by atoms with Gasteiger partial charge in [0.1, 0.15) is 6.33 Å². The highest BCUT2D eigenvalue weighted by atomic mass is 16.5. The van der Waals surface area contributed by atoms with Gasteiger partial charge >= 0.3 is 0 Å². The fourth-order valence-corrected chi connectivity index (χ4v) is 2.14. The first-order valence-corrected chi connectivity index (χ1v) is 6.60. The van der Waals surface area contributed by atoms with Crippen LogP contribution in [0.1, 0.15) is 19.3 Å². The van der Waals surface area contributed by atoms with Gasteiger partial charge in [-0.3, -0.25) is 4.79 Å². The maximum Gasteiger partial charge on any atom is 0.222 e. The van der Waals surface area contributed by atoms with Crippen LogP contribution in [0.4, 0.5) is 0 Å². The number of carbonyl (C=O) groups is 1. The molecule has 2 heterocycles. The number of ether oxygens (including phenoxy) is 1. The number of carbonyl (C=O) groups excluding carboxylic acids is 1. The second-order valence-corrected chi connectivity index (χ2v) is 4.59. The van der Waals surface area contributed by atoms with Crippen molar-refractivity contribution in [2.45, 2.75) is 31.9 Å². The van der Waals surface area contributed by atoms with Crippen LogP contribution in [-0.4, -0.2) is 63.4 Å². The highest BCUT2D eigenvalue weighted by Crippen LogP contribution is 2.10. The number of aromatic nitrogens is 4. The first kappa shape index (κ1) is 13.9. The summed E-state index contributed by atoms with van der Waals surface area (Å²) in [7, 11) is 0. The van der Waals surface area contributed by atoms with E-state index in [-0.39, 0.29) is 12.0 Å². The number of nitrogens with two attached hydrogens (primary N) is 1. The molecular weight excluding hydrogens is 248 g/mol. The van der Waals surface area contributed by atoms with Crippen molar-refractivity contribution in [2.75, 3.05) is 26.2 Å². The van der Waals surface area contributed by atoms with Gasteiger partial charge in [-0.1, -0.05) is 0 Å². The number of hydrogen-bond donors (Lipinski definition) is 1. The molecular formula is C11H20N6O2. The van der Waals surface area contributed by atoms with Crippen molar-refractivity contribution in [3.63, 3.8) is 0 Å². The summed E-state index contributed by atoms with van der Waals surface area (Å²) in [6.07, 6.45) is 3.69. The standard InChI is InChI=1S/C11H20N6O2/c12-4-3-10-8-16(6-7-19-10)11(18)2-1-5-17-9-13-14-15-17/h9-10H,1-8,12H2/t10-/m1/s1. The third-order valence-electron chi connectivity index (χ3n) is 3.15. The molecule has 8 heteroatoms. The molecule has 0 spiro atoms. The number of hydrogen-bond acceptors (Lipinski definition) is 6. The van der Waals surface area contributed by atoms with Gasteiger partial charge in [-0.15, -0.1) is 5.10 Å². The third kappa shape index (κ3) is 4.25. The highest BCUT2D eigenvalue weighted by molar-refractivity contribution is 5.76. The number of morpholine rings is 1. The molecule has 1 aromatic rings. The Morgan fingerprint density at radius 3 is 3.16 bits per heavy atom. The zero-order valence-electron chi connectivity index (χ0n) is 10.9. The van der Waals surface area contributed by atoms with Crippen LogP contribution in [0.2, 0.25) is 0 Å². The first-order valence-electron chi connectivity index (χ1n) is 6.60. The lowest BCUT2D eigenvalue weighted by atomic mass is 10.2. The maximum atomic E-state index is 12.1. The van der Waals surface area contributed by atoms with E-state index in [0.717, 1.165) is 12.8 Å². The second kappa shape index (κ2) is 7.15. The van der Waals surface area contributed by atoms with Gasteiger partial charge in [-0.05, 0) is 29.8 Å². The van der Waals surface area contributed by atoms with Crippen LogP contribution >= 0.6 is 0 Å². The number of rotatable bonds is 6. The van der Waals surface area contributed by atoms with Crippen molar-refractivity contribution in [1.82, 2.24) is 25.1 Å². The molecule has 0 aliphatic carbocycles. The lowest BCUT2D eigenvalue weighted by Gasteiger charge is -2.33. The van der Waals surface area contributed by atoms with E-state index in [9.17, 15) is 4.79 Å². The first-order chi connectivity index (χ1) is 9.29. The van der Waals surface area contributed by atoms with Crippen LogP contribution in [0.25, 0.3) is 0 Å². The van der Waals surface area contributed by atoms with Gasteiger partial charge in [0.15, 0.2) is 0 Å². The summed E-state index contributed by atoms with van der Waals surface area (Å²) in [4.78, 5) is 13.9. The molecule has 1 atom stereocenters. The Balaban J connectivity index is 1.70. The molecule has 1 aliphatic heterocycles. The lowest BCUT2D eigenvalue weighted by molar-refractivity contribution is -0.139. The molecule has 19 heavy (non-hydrogen) atoms. The van der Waals surface area contributed by atoms with Crippen LogP contribution in [-0.2, 0) is 16.1 Å². The van der Waals surface area contributed by atoms with Gasteiger partial charge in [0, 0.05) is 26.1 Å². The fraction of sp³-hybridized carbons (Fsp3) is 0.818. The molecule has 1 fully saturated rings. The Bertz CT molecular complexity index is 381. The summed E-state index contributed by atoms with van der Waals surface area (Å²) in [6.45, 7) is 3.18. The summed E-state index contributed by atoms with van der Waals surface area (Å²) in [5.74, 6) is 0.165. The predicted molar refractivity (Wildman–Crippen MR) is 67.0 cm³/mol. The van der Waals surface area contributed by atoms with Gasteiger partial charge in [0.2, 0.25) is 5.91 Å². The molecule has 0 aromatic carbocycles. The number of tetrazole rings is 1. The minimum atomic E-state index is 0.0854. The fourth-order valence-electron chi connectivity index (χ4n) is 2.14. The molecule has 2 N–H and O–H groups in total. The Hall–Kier alpha value is -1.54. The summed E-state index contributed by atoms with van der Waals surface area (Å²) >= 11 is 0. The van der Waals surface area contributed by atoms with Crippen molar-refractivity contribution in [3.8, 4) is 0 Å². The average molecular weight is 268 g/mol. The van der Waals surface area contributed by atoms with Crippen molar-refractivity contribution in [3.05, 3.63) is 6.33 Å². The van der Waals surface area contributed by atoms with Crippen LogP contribution < -0.4 is 5.73 Å². The van der Waals surface area contributed by atoms with Gasteiger partial charge in [-0.25, -0.2) is 4.68 Å². The molecule has 0 unspecified atom stereocenters. The molecule has 1 aliphatic rings. The normalized spacial score (nSPS) is 19.6. The molecule has 0 saturated carbocycles. The van der Waals surface area contributed by atoms with Crippen LogP contribution in [0.3, 0.4) is 0 Å². The van der Waals surface area contributed by atoms with Crippen molar-refractivity contribution >= 4 is 5.91 Å². The highest BCUT2D eigenvalue weighted by Gasteiger charge is 2.23. The van der Waals surface area contributed by atoms with E-state index in [1.807, 2.05) is 4.90 Å². The zero-order chi connectivity index (χ0) is 13.5. The number of nitrogens with zero attached hydrogens (tertiary/aromatic N) is 5. The second-order valence-electron chi connectivity index (χ2n) is 4.59. The Morgan fingerprint density at radius 1 is 1.53 bits per heavy atom. The van der Waals surface area contributed by atoms with E-state index < -0.39 is 0 Å². The van der Waals surface area contributed by atoms with Crippen molar-refractivity contribution in [2.24, 2.45) is 5.73 Å². The predicted octanol–water partition coefficient (Wildman–Crippen LogP) is -0.970. The van der Waals surface area contributed by atoms with Crippen molar-refractivity contribution in [1.29, 1.82) is 0 Å². The lowest BCUT2D eigenvalue weighted by Crippen LogP contribution is -2.46. The van der Waals surface area contributed by atoms with E-state index in [4.69, 9.17) is 10.5 Å². The van der Waals surface area contributed by atoms with E-state index in [2.05, 4.69) is 15.5 Å². The summed E-state index contributed by atoms with van der Waals surface area (Å²) in [5.41, 5.74) is 5.51. The van der Waals surface area contributed by atoms with Gasteiger partial charge < -0.3 is 15.4 Å². The maximum absolute atomic E-state index is 12.1. The van der Waals surface area contributed by atoms with Crippen LogP contribution in [0.15, 0.2) is 6.33 Å². The molecule has 8 nitrogen and oxygen atoms in total. The van der Waals surface area contributed by atoms with Crippen molar-refractivity contribution < 1.29 is 9.53 Å². The molecule has 2 rings (SSSR count). The molecule has 1 aromatic heterocycles. The molecule has 1 amide bonds. The van der Waals surface area contributed by atoms with Crippen LogP contribution in [0.5, 0.6) is 0 Å². The smallest absolute Gasteiger partial charge is 0.222 e. The van der Waals surface area contributed by atoms with Crippen LogP contribution in [0, 0.1) is 0 Å². The van der Waals surface area contributed by atoms with Gasteiger partial charge in [0.05, 0.1) is 12.7 Å². The quantitative estimate of drug-likeness (QED) is 0.712. The van der Waals surface area contributed by atoms with E-state index in [1.165, 1.54) is 0 Å². The van der Waals surface area contributed by atoms with Gasteiger partial charge in [0.25, 0.3) is 0 Å². The molecule has 0 bridgehead atoms. The minimum absolute atomic E-state index is 0.0854. The third-order valence-corrected chi connectivity index (χ3v) is 3.15. The monoisotopic (exact) mass is 268 g/mol. The Labute approximate surface area is 111 Å². The number of amides is 1. The molecule has 0 radical (unpaired) electrons. The molecule has 106 valence electrons. The summed E-state index contributed by atoms with van der Waals surface area (Å²) < 4.78 is 7.19. The minimum Gasteiger partial charge on any atom is -0.374 e. The van der Waals surface area contributed by atoms with Gasteiger partial charge in [-0.2, -0.15) is 0 Å². The SMILES string of the molecule is NCC[C@@H]1CN(C(=O)CCCn2cnnn2)CCO1. The number of aryl methyl sites for hydroxylation is 1. The largest absolute Gasteiger partial charge is 0.374 e. The Morgan fingerprint density at radius 2 is 2.42 bits per heavy atom. The van der Waals surface area contributed by atoms with E-state index >= 15 is 0 Å². The Kier molecular flexibility index (Phi) is 5.22. The topological polar surface area (TPSA) is 99.2 Å².